The van der Waals surface area contributed by atoms with Crippen molar-refractivity contribution in [1.29, 1.82) is 0 Å². The summed E-state index contributed by atoms with van der Waals surface area (Å²) in [6, 6.07) is 11.3. The summed E-state index contributed by atoms with van der Waals surface area (Å²) in [5, 5.41) is 0.0967. The molecule has 0 saturated carbocycles. The Hall–Kier alpha value is -2.33. The van der Waals surface area contributed by atoms with Crippen LogP contribution in [0.15, 0.2) is 56.6 Å². The van der Waals surface area contributed by atoms with Gasteiger partial charge in [0.05, 0.1) is 15.6 Å². The van der Waals surface area contributed by atoms with E-state index in [2.05, 4.69) is 0 Å². The average Bonchev–Trinajstić information content (AvgIpc) is 3.03. The second-order valence-corrected chi connectivity index (χ2v) is 9.45. The van der Waals surface area contributed by atoms with E-state index in [4.69, 9.17) is 27.6 Å². The molecule has 1 aromatic heterocycles. The van der Waals surface area contributed by atoms with E-state index in [1.54, 1.807) is 30.3 Å². The van der Waals surface area contributed by atoms with E-state index >= 15 is 0 Å². The van der Waals surface area contributed by atoms with E-state index in [0.29, 0.717) is 11.1 Å². The molecular weight excluding hydrogens is 453 g/mol. The molecule has 0 unspecified atom stereocenters. The molecule has 1 fully saturated rings. The van der Waals surface area contributed by atoms with Gasteiger partial charge in [-0.15, -0.1) is 0 Å². The Kier molecular flexibility index (Phi) is 5.63. The van der Waals surface area contributed by atoms with Crippen molar-refractivity contribution in [3.05, 3.63) is 63.1 Å². The fourth-order valence-corrected chi connectivity index (χ4v) is 5.95. The minimum Gasteiger partial charge on any atom is -0.408 e. The summed E-state index contributed by atoms with van der Waals surface area (Å²) in [4.78, 5) is 26.2. The third kappa shape index (κ3) is 3.74. The van der Waals surface area contributed by atoms with Crippen molar-refractivity contribution in [3.8, 4) is 0 Å². The third-order valence-corrected chi connectivity index (χ3v) is 7.83. The Labute approximate surface area is 182 Å². The van der Waals surface area contributed by atoms with Crippen molar-refractivity contribution in [3.63, 3.8) is 0 Å². The Bertz CT molecular complexity index is 1260. The lowest BCUT2D eigenvalue weighted by atomic mass is 10.3. The SMILES string of the molecule is O=C(Cn1c(=O)oc2ccccc21)N1CCN(S(=O)(=O)c2c(Cl)cccc2Cl)CC1. The number of hydrogen-bond acceptors (Lipinski definition) is 5. The predicted molar refractivity (Wildman–Crippen MR) is 112 cm³/mol. The van der Waals surface area contributed by atoms with Gasteiger partial charge >= 0.3 is 5.76 Å². The van der Waals surface area contributed by atoms with Crippen LogP contribution in [0.5, 0.6) is 0 Å². The fraction of sp³-hybridized carbons (Fsp3) is 0.263. The van der Waals surface area contributed by atoms with Crippen LogP contribution in [0.2, 0.25) is 10.0 Å². The third-order valence-electron chi connectivity index (χ3n) is 4.98. The predicted octanol–water partition coefficient (Wildman–Crippen LogP) is 2.43. The maximum absolute atomic E-state index is 12.9. The van der Waals surface area contributed by atoms with Crippen LogP contribution in [-0.2, 0) is 21.4 Å². The number of halogens is 2. The highest BCUT2D eigenvalue weighted by Crippen LogP contribution is 2.31. The first-order chi connectivity index (χ1) is 14.3. The van der Waals surface area contributed by atoms with Crippen LogP contribution >= 0.6 is 23.2 Å². The zero-order valence-corrected chi connectivity index (χ0v) is 18.0. The molecule has 11 heteroatoms. The van der Waals surface area contributed by atoms with E-state index in [1.165, 1.54) is 25.9 Å². The topological polar surface area (TPSA) is 92.8 Å². The van der Waals surface area contributed by atoms with Crippen molar-refractivity contribution in [1.82, 2.24) is 13.8 Å². The molecule has 30 heavy (non-hydrogen) atoms. The summed E-state index contributed by atoms with van der Waals surface area (Å²) in [5.74, 6) is -0.907. The molecule has 4 rings (SSSR count). The molecule has 0 radical (unpaired) electrons. The zero-order valence-electron chi connectivity index (χ0n) is 15.6. The summed E-state index contributed by atoms with van der Waals surface area (Å²) in [6.45, 7) is 0.377. The van der Waals surface area contributed by atoms with Crippen molar-refractivity contribution in [2.45, 2.75) is 11.4 Å². The molecule has 2 heterocycles. The van der Waals surface area contributed by atoms with Crippen molar-refractivity contribution in [2.24, 2.45) is 0 Å². The molecule has 0 atom stereocenters. The van der Waals surface area contributed by atoms with Crippen LogP contribution in [0.1, 0.15) is 0 Å². The molecular formula is C19H17Cl2N3O5S. The monoisotopic (exact) mass is 469 g/mol. The van der Waals surface area contributed by atoms with Gasteiger partial charge in [0, 0.05) is 26.2 Å². The second-order valence-electron chi connectivity index (χ2n) is 6.76. The molecule has 0 bridgehead atoms. The van der Waals surface area contributed by atoms with Crippen molar-refractivity contribution < 1.29 is 17.6 Å². The number of carbonyl (C=O) groups excluding carboxylic acids is 1. The van der Waals surface area contributed by atoms with Crippen molar-refractivity contribution in [2.75, 3.05) is 26.2 Å². The number of sulfonamides is 1. The molecule has 8 nitrogen and oxygen atoms in total. The van der Waals surface area contributed by atoms with Gasteiger partial charge in [0.15, 0.2) is 5.58 Å². The van der Waals surface area contributed by atoms with Crippen LogP contribution in [0.4, 0.5) is 0 Å². The first-order valence-electron chi connectivity index (χ1n) is 9.09. The molecule has 0 N–H and O–H groups in total. The van der Waals surface area contributed by atoms with Crippen LogP contribution in [0, 0.1) is 0 Å². The van der Waals surface area contributed by atoms with Gasteiger partial charge in [-0.3, -0.25) is 9.36 Å². The summed E-state index contributed by atoms with van der Waals surface area (Å²) in [7, 11) is -3.90. The van der Waals surface area contributed by atoms with Crippen LogP contribution in [0.25, 0.3) is 11.1 Å². The van der Waals surface area contributed by atoms with Crippen LogP contribution < -0.4 is 5.76 Å². The summed E-state index contributed by atoms with van der Waals surface area (Å²) in [5.41, 5.74) is 0.938. The first-order valence-corrected chi connectivity index (χ1v) is 11.3. The lowest BCUT2D eigenvalue weighted by Gasteiger charge is -2.34. The number of para-hydroxylation sites is 2. The first kappa shape index (κ1) is 20.9. The number of piperazine rings is 1. The van der Waals surface area contributed by atoms with Crippen LogP contribution in [-0.4, -0.2) is 54.3 Å². The van der Waals surface area contributed by atoms with Gasteiger partial charge in [-0.05, 0) is 24.3 Å². The summed E-state index contributed by atoms with van der Waals surface area (Å²) in [6.07, 6.45) is 0. The molecule has 0 spiro atoms. The molecule has 3 aromatic rings. The average molecular weight is 470 g/mol. The second kappa shape index (κ2) is 8.07. The number of carbonyl (C=O) groups is 1. The number of amides is 1. The largest absolute Gasteiger partial charge is 0.420 e. The highest BCUT2D eigenvalue weighted by Gasteiger charge is 2.33. The van der Waals surface area contributed by atoms with Gasteiger partial charge in [0.2, 0.25) is 15.9 Å². The Morgan fingerprint density at radius 3 is 2.27 bits per heavy atom. The van der Waals surface area contributed by atoms with Gasteiger partial charge in [-0.2, -0.15) is 4.31 Å². The highest BCUT2D eigenvalue weighted by molar-refractivity contribution is 7.89. The number of aromatic nitrogens is 1. The molecule has 1 saturated heterocycles. The molecule has 2 aromatic carbocycles. The van der Waals surface area contributed by atoms with Crippen LogP contribution in [0.3, 0.4) is 0 Å². The molecule has 1 aliphatic rings. The molecule has 0 aliphatic carbocycles. The minimum atomic E-state index is -3.90. The quantitative estimate of drug-likeness (QED) is 0.584. The Balaban J connectivity index is 1.47. The van der Waals surface area contributed by atoms with E-state index in [1.807, 2.05) is 0 Å². The highest BCUT2D eigenvalue weighted by atomic mass is 35.5. The summed E-state index contributed by atoms with van der Waals surface area (Å²) < 4.78 is 33.6. The number of fused-ring (bicyclic) bond motifs is 1. The number of benzene rings is 2. The number of nitrogens with zero attached hydrogens (tertiary/aromatic N) is 3. The smallest absolute Gasteiger partial charge is 0.408 e. The van der Waals surface area contributed by atoms with Gasteiger partial charge in [-0.1, -0.05) is 41.4 Å². The van der Waals surface area contributed by atoms with Gasteiger partial charge < -0.3 is 9.32 Å². The number of oxazole rings is 1. The number of rotatable bonds is 4. The van der Waals surface area contributed by atoms with Gasteiger partial charge in [-0.25, -0.2) is 13.2 Å². The zero-order chi connectivity index (χ0) is 21.5. The maximum atomic E-state index is 12.9. The lowest BCUT2D eigenvalue weighted by Crippen LogP contribution is -2.51. The van der Waals surface area contributed by atoms with Gasteiger partial charge in [0.1, 0.15) is 11.4 Å². The van der Waals surface area contributed by atoms with E-state index in [9.17, 15) is 18.0 Å². The maximum Gasteiger partial charge on any atom is 0.420 e. The van der Waals surface area contributed by atoms with E-state index in [-0.39, 0.29) is 53.6 Å². The Morgan fingerprint density at radius 2 is 1.60 bits per heavy atom. The Morgan fingerprint density at radius 1 is 0.967 bits per heavy atom. The molecule has 158 valence electrons. The van der Waals surface area contributed by atoms with Crippen molar-refractivity contribution >= 4 is 50.2 Å². The minimum absolute atomic E-state index is 0.0483. The summed E-state index contributed by atoms with van der Waals surface area (Å²) >= 11 is 12.1. The normalized spacial score (nSPS) is 15.6. The van der Waals surface area contributed by atoms with E-state index < -0.39 is 15.8 Å². The van der Waals surface area contributed by atoms with Gasteiger partial charge in [0.25, 0.3) is 0 Å². The fourth-order valence-electron chi connectivity index (χ4n) is 3.43. The number of hydrogen-bond donors (Lipinski definition) is 0. The molecule has 1 aliphatic heterocycles. The standard InChI is InChI=1S/C19H17Cl2N3O5S/c20-13-4-3-5-14(21)18(13)30(27,28)23-10-8-22(9-11-23)17(25)12-24-15-6-1-2-7-16(15)29-19(24)26/h1-7H,8-12H2. The van der Waals surface area contributed by atoms with E-state index in [0.717, 1.165) is 0 Å². The molecule has 1 amide bonds. The lowest BCUT2D eigenvalue weighted by molar-refractivity contribution is -0.133.